The molecule has 1 aromatic heterocycles. The lowest BCUT2D eigenvalue weighted by Crippen LogP contribution is -2.03. The standard InChI is InChI=1S/C22H26FN3/c1-16(7-5-4-6-8-19-9-11-21(23)12-10-19)18(3)26-22-13-20(17(2)24)14-25-15-22/h9-15,26H,1-8,24H2. The Kier molecular flexibility index (Phi) is 7.15. The molecule has 1 aromatic carbocycles. The summed E-state index contributed by atoms with van der Waals surface area (Å²) in [6, 6.07) is 8.60. The maximum atomic E-state index is 12.9. The maximum absolute atomic E-state index is 12.9. The van der Waals surface area contributed by atoms with Crippen molar-refractivity contribution in [3.8, 4) is 0 Å². The first-order valence-corrected chi connectivity index (χ1v) is 8.74. The van der Waals surface area contributed by atoms with Gasteiger partial charge in [0.2, 0.25) is 0 Å². The monoisotopic (exact) mass is 351 g/mol. The molecule has 26 heavy (non-hydrogen) atoms. The molecule has 2 rings (SSSR count). The average Bonchev–Trinajstić information content (AvgIpc) is 2.63. The molecule has 136 valence electrons. The molecule has 3 N–H and O–H groups in total. The second-order valence-corrected chi connectivity index (χ2v) is 6.38. The van der Waals surface area contributed by atoms with Gasteiger partial charge in [0, 0.05) is 23.2 Å². The van der Waals surface area contributed by atoms with E-state index in [4.69, 9.17) is 5.73 Å². The van der Waals surface area contributed by atoms with E-state index in [0.29, 0.717) is 5.70 Å². The highest BCUT2D eigenvalue weighted by molar-refractivity contribution is 5.64. The van der Waals surface area contributed by atoms with Crippen molar-refractivity contribution in [1.29, 1.82) is 0 Å². The number of benzene rings is 1. The van der Waals surface area contributed by atoms with Crippen LogP contribution < -0.4 is 11.1 Å². The zero-order chi connectivity index (χ0) is 18.9. The number of anilines is 1. The first kappa shape index (κ1) is 19.4. The Morgan fingerprint density at radius 2 is 1.77 bits per heavy atom. The predicted octanol–water partition coefficient (Wildman–Crippen LogP) is 5.44. The third-order valence-corrected chi connectivity index (χ3v) is 4.19. The van der Waals surface area contributed by atoms with Gasteiger partial charge in [-0.2, -0.15) is 0 Å². The third-order valence-electron chi connectivity index (χ3n) is 4.19. The number of rotatable bonds is 10. The van der Waals surface area contributed by atoms with E-state index in [9.17, 15) is 4.39 Å². The summed E-state index contributed by atoms with van der Waals surface area (Å²) in [6.45, 7) is 11.9. The van der Waals surface area contributed by atoms with Crippen LogP contribution in [0.5, 0.6) is 0 Å². The Labute approximate surface area is 155 Å². The number of hydrogen-bond acceptors (Lipinski definition) is 3. The smallest absolute Gasteiger partial charge is 0.123 e. The quantitative estimate of drug-likeness (QED) is 0.443. The number of aryl methyl sites for hydroxylation is 1. The van der Waals surface area contributed by atoms with Gasteiger partial charge in [0.25, 0.3) is 0 Å². The molecule has 0 spiro atoms. The molecule has 0 fully saturated rings. The van der Waals surface area contributed by atoms with Crippen LogP contribution in [0.25, 0.3) is 5.70 Å². The van der Waals surface area contributed by atoms with Crippen LogP contribution >= 0.6 is 0 Å². The minimum atomic E-state index is -0.187. The molecule has 0 bridgehead atoms. The molecule has 3 nitrogen and oxygen atoms in total. The highest BCUT2D eigenvalue weighted by Crippen LogP contribution is 2.19. The molecule has 0 radical (unpaired) electrons. The Bertz CT molecular complexity index is 778. The first-order chi connectivity index (χ1) is 12.5. The van der Waals surface area contributed by atoms with Gasteiger partial charge in [0.15, 0.2) is 0 Å². The van der Waals surface area contributed by atoms with Crippen molar-refractivity contribution >= 4 is 11.4 Å². The van der Waals surface area contributed by atoms with E-state index < -0.39 is 0 Å². The molecule has 0 unspecified atom stereocenters. The first-order valence-electron chi connectivity index (χ1n) is 8.74. The lowest BCUT2D eigenvalue weighted by atomic mass is 10.0. The van der Waals surface area contributed by atoms with Gasteiger partial charge in [-0.05, 0) is 55.0 Å². The fourth-order valence-corrected chi connectivity index (χ4v) is 2.59. The molecular formula is C22H26FN3. The van der Waals surface area contributed by atoms with Crippen molar-refractivity contribution < 1.29 is 4.39 Å². The van der Waals surface area contributed by atoms with E-state index in [-0.39, 0.29) is 5.82 Å². The van der Waals surface area contributed by atoms with Gasteiger partial charge in [-0.15, -0.1) is 0 Å². The van der Waals surface area contributed by atoms with Crippen molar-refractivity contribution in [3.05, 3.63) is 90.7 Å². The fraction of sp³-hybridized carbons (Fsp3) is 0.227. The zero-order valence-electron chi connectivity index (χ0n) is 15.1. The zero-order valence-corrected chi connectivity index (χ0v) is 15.1. The summed E-state index contributed by atoms with van der Waals surface area (Å²) < 4.78 is 12.9. The molecule has 0 aliphatic heterocycles. The maximum Gasteiger partial charge on any atom is 0.123 e. The van der Waals surface area contributed by atoms with Gasteiger partial charge in [-0.3, -0.25) is 4.98 Å². The van der Waals surface area contributed by atoms with Crippen molar-refractivity contribution in [2.24, 2.45) is 5.73 Å². The van der Waals surface area contributed by atoms with Gasteiger partial charge in [-0.1, -0.05) is 38.3 Å². The Morgan fingerprint density at radius 1 is 1.04 bits per heavy atom. The van der Waals surface area contributed by atoms with Crippen molar-refractivity contribution in [2.45, 2.75) is 32.1 Å². The van der Waals surface area contributed by atoms with Crippen LogP contribution in [0.1, 0.15) is 36.8 Å². The van der Waals surface area contributed by atoms with E-state index >= 15 is 0 Å². The number of halogens is 1. The van der Waals surface area contributed by atoms with Crippen LogP contribution in [0.4, 0.5) is 10.1 Å². The molecule has 0 saturated heterocycles. The van der Waals surface area contributed by atoms with E-state index in [1.54, 1.807) is 12.4 Å². The van der Waals surface area contributed by atoms with Crippen molar-refractivity contribution in [3.63, 3.8) is 0 Å². The Morgan fingerprint density at radius 3 is 2.46 bits per heavy atom. The second-order valence-electron chi connectivity index (χ2n) is 6.38. The molecule has 0 saturated carbocycles. The van der Waals surface area contributed by atoms with Gasteiger partial charge in [0.1, 0.15) is 5.82 Å². The topological polar surface area (TPSA) is 50.9 Å². The van der Waals surface area contributed by atoms with Crippen LogP contribution in [0.2, 0.25) is 0 Å². The Balaban J connectivity index is 1.70. The number of nitrogens with two attached hydrogens (primary N) is 1. The number of allylic oxidation sites excluding steroid dienone is 1. The molecule has 0 amide bonds. The molecule has 4 heteroatoms. The molecule has 2 aromatic rings. The number of nitrogens with zero attached hydrogens (tertiary/aromatic N) is 1. The summed E-state index contributed by atoms with van der Waals surface area (Å²) in [5.74, 6) is -0.187. The molecule has 0 aliphatic rings. The summed E-state index contributed by atoms with van der Waals surface area (Å²) in [4.78, 5) is 4.14. The summed E-state index contributed by atoms with van der Waals surface area (Å²) in [5, 5.41) is 3.22. The number of aromatic nitrogens is 1. The Hall–Kier alpha value is -2.88. The second kappa shape index (κ2) is 9.56. The molecule has 0 aliphatic carbocycles. The van der Waals surface area contributed by atoms with Crippen LogP contribution in [0.3, 0.4) is 0 Å². The van der Waals surface area contributed by atoms with E-state index in [1.165, 1.54) is 17.7 Å². The predicted molar refractivity (Wildman–Crippen MR) is 108 cm³/mol. The van der Waals surface area contributed by atoms with Crippen molar-refractivity contribution in [2.75, 3.05) is 5.32 Å². The van der Waals surface area contributed by atoms with Gasteiger partial charge in [-0.25, -0.2) is 4.39 Å². The fourth-order valence-electron chi connectivity index (χ4n) is 2.59. The summed E-state index contributed by atoms with van der Waals surface area (Å²) >= 11 is 0. The van der Waals surface area contributed by atoms with E-state index in [2.05, 4.69) is 30.0 Å². The van der Waals surface area contributed by atoms with Crippen LogP contribution in [-0.4, -0.2) is 4.98 Å². The van der Waals surface area contributed by atoms with E-state index in [1.807, 2.05) is 18.2 Å². The van der Waals surface area contributed by atoms with Crippen LogP contribution in [0, 0.1) is 5.82 Å². The summed E-state index contributed by atoms with van der Waals surface area (Å²) in [7, 11) is 0. The molecular weight excluding hydrogens is 325 g/mol. The molecule has 0 atom stereocenters. The summed E-state index contributed by atoms with van der Waals surface area (Å²) in [5.41, 5.74) is 10.7. The number of hydrogen-bond donors (Lipinski definition) is 2. The summed E-state index contributed by atoms with van der Waals surface area (Å²) in [6.07, 6.45) is 8.44. The largest absolute Gasteiger partial charge is 0.399 e. The minimum Gasteiger partial charge on any atom is -0.399 e. The third kappa shape index (κ3) is 6.20. The number of unbranched alkanes of at least 4 members (excludes halogenated alkanes) is 2. The highest BCUT2D eigenvalue weighted by Gasteiger charge is 2.04. The number of nitrogens with one attached hydrogen (secondary N) is 1. The van der Waals surface area contributed by atoms with Gasteiger partial charge < -0.3 is 11.1 Å². The average molecular weight is 351 g/mol. The highest BCUT2D eigenvalue weighted by atomic mass is 19.1. The van der Waals surface area contributed by atoms with Crippen LogP contribution in [0.15, 0.2) is 73.7 Å². The van der Waals surface area contributed by atoms with Gasteiger partial charge in [0.05, 0.1) is 11.9 Å². The van der Waals surface area contributed by atoms with Crippen LogP contribution in [-0.2, 0) is 6.42 Å². The molecule has 1 heterocycles. The van der Waals surface area contributed by atoms with E-state index in [0.717, 1.165) is 54.6 Å². The minimum absolute atomic E-state index is 0.187. The lowest BCUT2D eigenvalue weighted by molar-refractivity contribution is 0.625. The van der Waals surface area contributed by atoms with Crippen molar-refractivity contribution in [1.82, 2.24) is 4.98 Å². The SMILES string of the molecule is C=C(CCCCCc1ccc(F)cc1)C(=C)Nc1cncc(C(=C)N)c1. The normalized spacial score (nSPS) is 10.3. The van der Waals surface area contributed by atoms with Gasteiger partial charge >= 0.3 is 0 Å². The lowest BCUT2D eigenvalue weighted by Gasteiger charge is -2.13. The number of pyridine rings is 1.